The van der Waals surface area contributed by atoms with Crippen molar-refractivity contribution in [1.29, 1.82) is 0 Å². The summed E-state index contributed by atoms with van der Waals surface area (Å²) in [5.41, 5.74) is 2.54. The average molecular weight is 288 g/mol. The first-order valence-corrected chi connectivity index (χ1v) is 6.29. The van der Waals surface area contributed by atoms with E-state index in [-0.39, 0.29) is 5.97 Å². The molecule has 2 aromatic heterocycles. The summed E-state index contributed by atoms with van der Waals surface area (Å²) in [7, 11) is 0. The third-order valence-corrected chi connectivity index (χ3v) is 2.97. The zero-order valence-electron chi connectivity index (χ0n) is 10.6. The Bertz CT molecular complexity index is 781. The summed E-state index contributed by atoms with van der Waals surface area (Å²) >= 11 is 5.90. The highest BCUT2D eigenvalue weighted by atomic mass is 35.5. The molecule has 20 heavy (non-hydrogen) atoms. The van der Waals surface area contributed by atoms with E-state index in [0.29, 0.717) is 16.5 Å². The summed E-state index contributed by atoms with van der Waals surface area (Å²) in [6.07, 6.45) is 5.06. The lowest BCUT2D eigenvalue weighted by molar-refractivity contribution is -0.131. The zero-order valence-corrected chi connectivity index (χ0v) is 11.3. The molecule has 2 heterocycles. The number of hydrogen-bond acceptors (Lipinski definition) is 4. The minimum Gasteiger partial charge on any atom is -0.427 e. The summed E-state index contributed by atoms with van der Waals surface area (Å²) in [6.45, 7) is 1.37. The lowest BCUT2D eigenvalue weighted by Gasteiger charge is -2.04. The number of hydrogen-bond donors (Lipinski definition) is 0. The lowest BCUT2D eigenvalue weighted by atomic mass is 10.1. The molecule has 0 saturated carbocycles. The van der Waals surface area contributed by atoms with E-state index in [1.54, 1.807) is 30.7 Å². The number of halogens is 1. The number of nitrogens with zero attached hydrogens (tertiary/aromatic N) is 3. The summed E-state index contributed by atoms with van der Waals surface area (Å²) < 4.78 is 6.86. The van der Waals surface area contributed by atoms with Crippen molar-refractivity contribution in [3.8, 4) is 17.0 Å². The van der Waals surface area contributed by atoms with Gasteiger partial charge in [0.1, 0.15) is 10.9 Å². The number of carbonyl (C=O) groups is 1. The largest absolute Gasteiger partial charge is 0.427 e. The van der Waals surface area contributed by atoms with Gasteiger partial charge in [0, 0.05) is 18.7 Å². The molecule has 0 aliphatic carbocycles. The van der Waals surface area contributed by atoms with Crippen LogP contribution in [0.2, 0.25) is 5.15 Å². The number of esters is 1. The zero-order chi connectivity index (χ0) is 14.1. The van der Waals surface area contributed by atoms with Gasteiger partial charge >= 0.3 is 5.97 Å². The first-order valence-electron chi connectivity index (χ1n) is 5.91. The van der Waals surface area contributed by atoms with Gasteiger partial charge in [-0.15, -0.1) is 0 Å². The number of carbonyl (C=O) groups excluding carboxylic acids is 1. The summed E-state index contributed by atoms with van der Waals surface area (Å²) in [4.78, 5) is 19.1. The number of ether oxygens (including phenoxy) is 1. The van der Waals surface area contributed by atoms with Crippen LogP contribution in [-0.2, 0) is 4.79 Å². The highest BCUT2D eigenvalue weighted by Crippen LogP contribution is 2.24. The third kappa shape index (κ3) is 2.35. The first-order chi connectivity index (χ1) is 9.63. The maximum Gasteiger partial charge on any atom is 0.308 e. The quantitative estimate of drug-likeness (QED) is 0.537. The molecule has 0 unspecified atom stereocenters. The highest BCUT2D eigenvalue weighted by molar-refractivity contribution is 6.29. The third-order valence-electron chi connectivity index (χ3n) is 2.78. The molecule has 100 valence electrons. The van der Waals surface area contributed by atoms with Crippen LogP contribution >= 0.6 is 11.6 Å². The molecule has 5 nitrogen and oxygen atoms in total. The van der Waals surface area contributed by atoms with Gasteiger partial charge in [0.2, 0.25) is 0 Å². The minimum absolute atomic E-state index is 0.342. The number of imidazole rings is 1. The minimum atomic E-state index is -0.342. The van der Waals surface area contributed by atoms with Gasteiger partial charge in [0.15, 0.2) is 5.65 Å². The van der Waals surface area contributed by atoms with Gasteiger partial charge in [0.25, 0.3) is 0 Å². The van der Waals surface area contributed by atoms with E-state index < -0.39 is 0 Å². The van der Waals surface area contributed by atoms with Gasteiger partial charge in [-0.1, -0.05) is 11.6 Å². The normalized spacial score (nSPS) is 10.7. The predicted molar refractivity (Wildman–Crippen MR) is 74.7 cm³/mol. The van der Waals surface area contributed by atoms with Gasteiger partial charge in [0.05, 0.1) is 18.1 Å². The monoisotopic (exact) mass is 287 g/mol. The van der Waals surface area contributed by atoms with Crippen molar-refractivity contribution in [2.45, 2.75) is 6.92 Å². The van der Waals surface area contributed by atoms with Gasteiger partial charge in [-0.25, -0.2) is 9.97 Å². The van der Waals surface area contributed by atoms with Crippen LogP contribution in [0.3, 0.4) is 0 Å². The molecule has 0 aliphatic heterocycles. The first kappa shape index (κ1) is 12.6. The summed E-state index contributed by atoms with van der Waals surface area (Å²) in [5.74, 6) is 0.167. The van der Waals surface area contributed by atoms with Gasteiger partial charge < -0.3 is 4.74 Å². The number of aromatic nitrogens is 3. The summed E-state index contributed by atoms with van der Waals surface area (Å²) in [5, 5.41) is 0.397. The van der Waals surface area contributed by atoms with Crippen LogP contribution in [-0.4, -0.2) is 20.3 Å². The molecule has 3 aromatic rings. The van der Waals surface area contributed by atoms with Crippen LogP contribution < -0.4 is 4.74 Å². The Balaban J connectivity index is 2.02. The van der Waals surface area contributed by atoms with E-state index in [0.717, 1.165) is 11.3 Å². The van der Waals surface area contributed by atoms with E-state index in [2.05, 4.69) is 9.97 Å². The topological polar surface area (TPSA) is 56.5 Å². The van der Waals surface area contributed by atoms with Crippen molar-refractivity contribution in [3.05, 3.63) is 48.0 Å². The van der Waals surface area contributed by atoms with Crippen LogP contribution in [0.4, 0.5) is 0 Å². The molecule has 0 atom stereocenters. The molecule has 0 amide bonds. The van der Waals surface area contributed by atoms with Crippen molar-refractivity contribution in [1.82, 2.24) is 14.4 Å². The molecule has 0 N–H and O–H groups in total. The van der Waals surface area contributed by atoms with Crippen LogP contribution in [0, 0.1) is 0 Å². The van der Waals surface area contributed by atoms with E-state index >= 15 is 0 Å². The Morgan fingerprint density at radius 1 is 1.20 bits per heavy atom. The summed E-state index contributed by atoms with van der Waals surface area (Å²) in [6, 6.07) is 7.18. The molecule has 0 aliphatic rings. The maximum absolute atomic E-state index is 10.9. The predicted octanol–water partition coefficient (Wildman–Crippen LogP) is 2.98. The van der Waals surface area contributed by atoms with Crippen LogP contribution in [0.5, 0.6) is 5.75 Å². The molecule has 3 rings (SSSR count). The van der Waals surface area contributed by atoms with Crippen molar-refractivity contribution < 1.29 is 9.53 Å². The van der Waals surface area contributed by atoms with Crippen LogP contribution in [0.15, 0.2) is 42.9 Å². The van der Waals surface area contributed by atoms with Crippen molar-refractivity contribution in [3.63, 3.8) is 0 Å². The Kier molecular flexibility index (Phi) is 3.12. The van der Waals surface area contributed by atoms with E-state index in [4.69, 9.17) is 16.3 Å². The molecule has 0 bridgehead atoms. The standard InChI is InChI=1S/C14H10ClN3O2/c1-9(19)20-11-4-2-10(3-5-11)12-6-17-14-7-16-13(15)8-18(12)14/h2-8H,1H3. The molecule has 0 saturated heterocycles. The number of benzene rings is 1. The molecular formula is C14H10ClN3O2. The highest BCUT2D eigenvalue weighted by Gasteiger charge is 2.07. The SMILES string of the molecule is CC(=O)Oc1ccc(-c2cnc3cnc(Cl)cn23)cc1. The fourth-order valence-corrected chi connectivity index (χ4v) is 2.09. The molecular weight excluding hydrogens is 278 g/mol. The van der Waals surface area contributed by atoms with Gasteiger partial charge in [-0.05, 0) is 24.3 Å². The molecule has 0 spiro atoms. The lowest BCUT2D eigenvalue weighted by Crippen LogP contribution is -2.00. The maximum atomic E-state index is 10.9. The molecule has 6 heteroatoms. The van der Waals surface area contributed by atoms with Crippen LogP contribution in [0.25, 0.3) is 16.9 Å². The second-order valence-corrected chi connectivity index (χ2v) is 4.59. The van der Waals surface area contributed by atoms with Crippen molar-refractivity contribution >= 4 is 23.2 Å². The molecule has 0 fully saturated rings. The Morgan fingerprint density at radius 2 is 1.95 bits per heavy atom. The number of fused-ring (bicyclic) bond motifs is 1. The Labute approximate surface area is 119 Å². The second kappa shape index (κ2) is 4.94. The Hall–Kier alpha value is -2.40. The fourth-order valence-electron chi connectivity index (χ4n) is 1.94. The fraction of sp³-hybridized carbons (Fsp3) is 0.0714. The van der Waals surface area contributed by atoms with Gasteiger partial charge in [-0.3, -0.25) is 9.20 Å². The van der Waals surface area contributed by atoms with Crippen LogP contribution in [0.1, 0.15) is 6.92 Å². The van der Waals surface area contributed by atoms with Crippen molar-refractivity contribution in [2.24, 2.45) is 0 Å². The smallest absolute Gasteiger partial charge is 0.308 e. The van der Waals surface area contributed by atoms with E-state index in [9.17, 15) is 4.79 Å². The van der Waals surface area contributed by atoms with Crippen molar-refractivity contribution in [2.75, 3.05) is 0 Å². The van der Waals surface area contributed by atoms with E-state index in [1.165, 1.54) is 6.92 Å². The number of rotatable bonds is 2. The molecule has 0 radical (unpaired) electrons. The second-order valence-electron chi connectivity index (χ2n) is 4.20. The average Bonchev–Trinajstić information content (AvgIpc) is 2.82. The van der Waals surface area contributed by atoms with Gasteiger partial charge in [-0.2, -0.15) is 0 Å². The Morgan fingerprint density at radius 3 is 2.65 bits per heavy atom. The van der Waals surface area contributed by atoms with E-state index in [1.807, 2.05) is 16.5 Å². The molecule has 1 aromatic carbocycles.